The molecule has 0 unspecified atom stereocenters. The van der Waals surface area contributed by atoms with Gasteiger partial charge in [0.1, 0.15) is 0 Å². The Hall–Kier alpha value is -2.71. The number of carbonyl (C=O) groups excluding carboxylic acids is 1. The quantitative estimate of drug-likeness (QED) is 0.487. The molecule has 0 amide bonds. The monoisotopic (exact) mass is 366 g/mol. The molecular formula is C18H11BrN2O2. The zero-order valence-electron chi connectivity index (χ0n) is 12.2. The molecule has 0 aliphatic carbocycles. The van der Waals surface area contributed by atoms with Crippen LogP contribution in [-0.4, -0.2) is 23.3 Å². The summed E-state index contributed by atoms with van der Waals surface area (Å²) in [5, 5.41) is 9.04. The number of ether oxygens (including phenoxy) is 1. The van der Waals surface area contributed by atoms with E-state index in [9.17, 15) is 4.79 Å². The normalized spacial score (nSPS) is 10.0. The second-order valence-corrected chi connectivity index (χ2v) is 5.50. The largest absolute Gasteiger partial charge is 0.465 e. The van der Waals surface area contributed by atoms with Crippen molar-refractivity contribution in [2.75, 3.05) is 7.11 Å². The summed E-state index contributed by atoms with van der Waals surface area (Å²) in [6.45, 7) is 0. The standard InChI is InChI=1S/C18H11BrN2O2/c1-23-18(22)13-8-10-15-14(11-13)17(19)16(21-20-15)9-7-12-5-3-2-4-6-12/h2-6,8,10-11H,1H3. The molecule has 0 radical (unpaired) electrons. The number of nitrogens with zero attached hydrogens (tertiary/aromatic N) is 2. The molecule has 112 valence electrons. The first-order valence-electron chi connectivity index (χ1n) is 6.80. The van der Waals surface area contributed by atoms with Gasteiger partial charge in [0.25, 0.3) is 0 Å². The van der Waals surface area contributed by atoms with Gasteiger partial charge in [-0.15, -0.1) is 10.2 Å². The van der Waals surface area contributed by atoms with Crippen LogP contribution in [0.2, 0.25) is 0 Å². The molecule has 3 aromatic rings. The summed E-state index contributed by atoms with van der Waals surface area (Å²) in [4.78, 5) is 11.7. The van der Waals surface area contributed by atoms with Crippen LogP contribution in [0.5, 0.6) is 0 Å². The van der Waals surface area contributed by atoms with E-state index in [1.165, 1.54) is 7.11 Å². The number of hydrogen-bond acceptors (Lipinski definition) is 4. The van der Waals surface area contributed by atoms with Gasteiger partial charge >= 0.3 is 5.97 Å². The first-order valence-corrected chi connectivity index (χ1v) is 7.59. The molecule has 2 aromatic carbocycles. The highest BCUT2D eigenvalue weighted by Crippen LogP contribution is 2.25. The van der Waals surface area contributed by atoms with Gasteiger partial charge in [-0.3, -0.25) is 0 Å². The molecule has 0 N–H and O–H groups in total. The van der Waals surface area contributed by atoms with E-state index >= 15 is 0 Å². The first-order chi connectivity index (χ1) is 11.2. The number of fused-ring (bicyclic) bond motifs is 1. The van der Waals surface area contributed by atoms with Crippen molar-refractivity contribution in [2.45, 2.75) is 0 Å². The van der Waals surface area contributed by atoms with Crippen LogP contribution in [0.25, 0.3) is 10.9 Å². The number of carbonyl (C=O) groups is 1. The number of methoxy groups -OCH3 is 1. The van der Waals surface area contributed by atoms with Gasteiger partial charge in [0.2, 0.25) is 0 Å². The predicted molar refractivity (Wildman–Crippen MR) is 91.0 cm³/mol. The number of halogens is 1. The van der Waals surface area contributed by atoms with Gasteiger partial charge in [-0.2, -0.15) is 0 Å². The molecule has 0 aliphatic heterocycles. The Bertz CT molecular complexity index is 944. The Morgan fingerprint density at radius 2 is 1.87 bits per heavy atom. The summed E-state index contributed by atoms with van der Waals surface area (Å²) in [6.07, 6.45) is 0. The number of aromatic nitrogens is 2. The Labute approximate surface area is 141 Å². The number of rotatable bonds is 1. The van der Waals surface area contributed by atoms with Crippen LogP contribution in [0, 0.1) is 11.8 Å². The Balaban J connectivity index is 2.07. The smallest absolute Gasteiger partial charge is 0.337 e. The Morgan fingerprint density at radius 1 is 1.09 bits per heavy atom. The summed E-state index contributed by atoms with van der Waals surface area (Å²) < 4.78 is 5.45. The molecule has 4 nitrogen and oxygen atoms in total. The summed E-state index contributed by atoms with van der Waals surface area (Å²) in [6, 6.07) is 14.7. The Morgan fingerprint density at radius 3 is 2.61 bits per heavy atom. The summed E-state index contributed by atoms with van der Waals surface area (Å²) in [5.41, 5.74) is 2.54. The molecule has 0 bridgehead atoms. The van der Waals surface area contributed by atoms with Crippen molar-refractivity contribution < 1.29 is 9.53 Å². The molecule has 0 aliphatic rings. The van der Waals surface area contributed by atoms with Crippen LogP contribution in [0.1, 0.15) is 21.6 Å². The average Bonchev–Trinajstić information content (AvgIpc) is 2.61. The Kier molecular flexibility index (Phi) is 4.35. The maximum absolute atomic E-state index is 11.7. The van der Waals surface area contributed by atoms with Gasteiger partial charge in [-0.05, 0) is 52.2 Å². The minimum atomic E-state index is -0.396. The lowest BCUT2D eigenvalue weighted by molar-refractivity contribution is 0.0601. The lowest BCUT2D eigenvalue weighted by atomic mass is 10.1. The number of esters is 1. The van der Waals surface area contributed by atoms with Crippen LogP contribution in [0.4, 0.5) is 0 Å². The van der Waals surface area contributed by atoms with E-state index < -0.39 is 5.97 Å². The second kappa shape index (κ2) is 6.59. The molecule has 0 fully saturated rings. The minimum absolute atomic E-state index is 0.396. The van der Waals surface area contributed by atoms with Crippen molar-refractivity contribution in [3.8, 4) is 11.8 Å². The van der Waals surface area contributed by atoms with Crippen LogP contribution in [0.15, 0.2) is 53.0 Å². The highest BCUT2D eigenvalue weighted by molar-refractivity contribution is 9.10. The van der Waals surface area contributed by atoms with Crippen LogP contribution in [0.3, 0.4) is 0 Å². The molecule has 5 heteroatoms. The fraction of sp³-hybridized carbons (Fsp3) is 0.0556. The van der Waals surface area contributed by atoms with Gasteiger partial charge in [-0.25, -0.2) is 4.79 Å². The van der Waals surface area contributed by atoms with Gasteiger partial charge in [0.15, 0.2) is 5.69 Å². The van der Waals surface area contributed by atoms with E-state index in [1.807, 2.05) is 30.3 Å². The lowest BCUT2D eigenvalue weighted by Gasteiger charge is -2.04. The van der Waals surface area contributed by atoms with E-state index in [2.05, 4.69) is 38.0 Å². The fourth-order valence-corrected chi connectivity index (χ4v) is 2.55. The second-order valence-electron chi connectivity index (χ2n) is 4.70. The highest BCUT2D eigenvalue weighted by Gasteiger charge is 2.11. The molecule has 0 saturated heterocycles. The van der Waals surface area contributed by atoms with Crippen LogP contribution >= 0.6 is 15.9 Å². The SMILES string of the molecule is COC(=O)c1ccc2nnc(C#Cc3ccccc3)c(Br)c2c1. The van der Waals surface area contributed by atoms with E-state index in [4.69, 9.17) is 4.74 Å². The van der Waals surface area contributed by atoms with E-state index in [0.29, 0.717) is 21.2 Å². The van der Waals surface area contributed by atoms with E-state index in [-0.39, 0.29) is 0 Å². The van der Waals surface area contributed by atoms with Gasteiger partial charge in [0.05, 0.1) is 22.7 Å². The topological polar surface area (TPSA) is 52.1 Å². The molecular weight excluding hydrogens is 356 g/mol. The summed E-state index contributed by atoms with van der Waals surface area (Å²) in [5.74, 6) is 5.64. The maximum atomic E-state index is 11.7. The molecule has 1 aromatic heterocycles. The van der Waals surface area contributed by atoms with Crippen LogP contribution in [-0.2, 0) is 4.74 Å². The van der Waals surface area contributed by atoms with Gasteiger partial charge in [0, 0.05) is 10.9 Å². The van der Waals surface area contributed by atoms with Crippen molar-refractivity contribution in [3.63, 3.8) is 0 Å². The van der Waals surface area contributed by atoms with Gasteiger partial charge < -0.3 is 4.74 Å². The number of benzene rings is 2. The highest BCUT2D eigenvalue weighted by atomic mass is 79.9. The molecule has 0 saturated carbocycles. The molecule has 0 spiro atoms. The lowest BCUT2D eigenvalue weighted by Crippen LogP contribution is -2.01. The predicted octanol–water partition coefficient (Wildman–Crippen LogP) is 3.58. The van der Waals surface area contributed by atoms with Gasteiger partial charge in [-0.1, -0.05) is 24.1 Å². The zero-order valence-corrected chi connectivity index (χ0v) is 13.8. The molecule has 23 heavy (non-hydrogen) atoms. The third kappa shape index (κ3) is 3.22. The molecule has 1 heterocycles. The molecule has 0 atom stereocenters. The van der Waals surface area contributed by atoms with Crippen molar-refractivity contribution in [1.82, 2.24) is 10.2 Å². The van der Waals surface area contributed by atoms with E-state index in [0.717, 1.165) is 10.9 Å². The fourth-order valence-electron chi connectivity index (χ4n) is 2.05. The van der Waals surface area contributed by atoms with E-state index in [1.54, 1.807) is 18.2 Å². The summed E-state index contributed by atoms with van der Waals surface area (Å²) >= 11 is 3.50. The third-order valence-corrected chi connectivity index (χ3v) is 4.02. The van der Waals surface area contributed by atoms with Crippen molar-refractivity contribution in [3.05, 3.63) is 69.8 Å². The molecule has 3 rings (SSSR count). The third-order valence-electron chi connectivity index (χ3n) is 3.22. The van der Waals surface area contributed by atoms with Crippen molar-refractivity contribution in [1.29, 1.82) is 0 Å². The van der Waals surface area contributed by atoms with Crippen LogP contribution < -0.4 is 0 Å². The zero-order chi connectivity index (χ0) is 16.2. The number of hydrogen-bond donors (Lipinski definition) is 0. The minimum Gasteiger partial charge on any atom is -0.465 e. The maximum Gasteiger partial charge on any atom is 0.337 e. The summed E-state index contributed by atoms with van der Waals surface area (Å²) in [7, 11) is 1.35. The van der Waals surface area contributed by atoms with Crippen molar-refractivity contribution >= 4 is 32.8 Å². The average molecular weight is 367 g/mol. The first kappa shape index (κ1) is 15.2. The van der Waals surface area contributed by atoms with Crippen molar-refractivity contribution in [2.24, 2.45) is 0 Å².